The smallest absolute Gasteiger partial charge is 0.225 e. The summed E-state index contributed by atoms with van der Waals surface area (Å²) in [5.74, 6) is 2.31. The average Bonchev–Trinajstić information content (AvgIpc) is 2.48. The zero-order chi connectivity index (χ0) is 14.1. The van der Waals surface area contributed by atoms with Crippen molar-refractivity contribution in [3.8, 4) is 0 Å². The van der Waals surface area contributed by atoms with Crippen LogP contribution in [0.4, 0.5) is 0 Å². The van der Waals surface area contributed by atoms with E-state index in [1.165, 1.54) is 32.1 Å². The average molecular weight is 278 g/mol. The first-order valence-corrected chi connectivity index (χ1v) is 8.73. The van der Waals surface area contributed by atoms with E-state index < -0.39 is 0 Å². The van der Waals surface area contributed by atoms with Crippen molar-refractivity contribution in [2.24, 2.45) is 23.5 Å². The van der Waals surface area contributed by atoms with Crippen LogP contribution < -0.4 is 5.73 Å². The third kappa shape index (κ3) is 2.74. The molecule has 0 aromatic heterocycles. The number of amides is 1. The quantitative estimate of drug-likeness (QED) is 0.801. The summed E-state index contributed by atoms with van der Waals surface area (Å²) in [5.41, 5.74) is 5.98. The topological polar surface area (TPSA) is 46.3 Å². The van der Waals surface area contributed by atoms with Crippen LogP contribution in [0.25, 0.3) is 0 Å². The van der Waals surface area contributed by atoms with Crippen molar-refractivity contribution in [2.75, 3.05) is 6.54 Å². The Morgan fingerprint density at radius 2 is 1.70 bits per heavy atom. The zero-order valence-electron chi connectivity index (χ0n) is 12.9. The lowest BCUT2D eigenvalue weighted by atomic mass is 9.72. The molecule has 2 N–H and O–H groups in total. The largest absolute Gasteiger partial charge is 0.339 e. The number of carbonyl (C=O) groups excluding carboxylic acids is 1. The van der Waals surface area contributed by atoms with Crippen LogP contribution in [0.2, 0.25) is 0 Å². The molecule has 0 bridgehead atoms. The highest BCUT2D eigenvalue weighted by Gasteiger charge is 2.41. The number of nitrogens with two attached hydrogens (primary N) is 1. The van der Waals surface area contributed by atoms with E-state index in [1.54, 1.807) is 0 Å². The molecule has 0 spiro atoms. The Hall–Kier alpha value is -0.570. The van der Waals surface area contributed by atoms with Gasteiger partial charge >= 0.3 is 0 Å². The number of hydrogen-bond donors (Lipinski definition) is 1. The number of rotatable bonds is 1. The molecule has 0 aromatic rings. The highest BCUT2D eigenvalue weighted by Crippen LogP contribution is 2.40. The zero-order valence-corrected chi connectivity index (χ0v) is 12.9. The van der Waals surface area contributed by atoms with Crippen LogP contribution in [0.15, 0.2) is 0 Å². The van der Waals surface area contributed by atoms with Crippen LogP contribution in [0.5, 0.6) is 0 Å². The van der Waals surface area contributed by atoms with Crippen LogP contribution in [0.3, 0.4) is 0 Å². The Morgan fingerprint density at radius 3 is 2.45 bits per heavy atom. The lowest BCUT2D eigenvalue weighted by Gasteiger charge is -2.48. The molecular weight excluding hydrogens is 248 g/mol. The van der Waals surface area contributed by atoms with Crippen molar-refractivity contribution in [3.05, 3.63) is 0 Å². The predicted molar refractivity (Wildman–Crippen MR) is 81.2 cm³/mol. The van der Waals surface area contributed by atoms with E-state index in [1.807, 2.05) is 0 Å². The monoisotopic (exact) mass is 278 g/mol. The Morgan fingerprint density at radius 1 is 1.00 bits per heavy atom. The maximum Gasteiger partial charge on any atom is 0.225 e. The molecule has 114 valence electrons. The van der Waals surface area contributed by atoms with Crippen molar-refractivity contribution in [1.82, 2.24) is 4.90 Å². The molecule has 3 heteroatoms. The molecule has 20 heavy (non-hydrogen) atoms. The van der Waals surface area contributed by atoms with Crippen LogP contribution in [0, 0.1) is 17.8 Å². The first-order chi connectivity index (χ1) is 9.66. The minimum Gasteiger partial charge on any atom is -0.339 e. The van der Waals surface area contributed by atoms with Gasteiger partial charge in [0, 0.05) is 24.5 Å². The van der Waals surface area contributed by atoms with Gasteiger partial charge in [0.25, 0.3) is 0 Å². The molecule has 2 aliphatic carbocycles. The normalized spacial score (nSPS) is 42.1. The fourth-order valence-electron chi connectivity index (χ4n) is 4.79. The Balaban J connectivity index is 1.67. The van der Waals surface area contributed by atoms with Gasteiger partial charge in [0.05, 0.1) is 0 Å². The van der Waals surface area contributed by atoms with E-state index in [4.69, 9.17) is 5.73 Å². The summed E-state index contributed by atoms with van der Waals surface area (Å²) in [4.78, 5) is 15.2. The summed E-state index contributed by atoms with van der Waals surface area (Å²) in [7, 11) is 0. The van der Waals surface area contributed by atoms with Gasteiger partial charge in [0.2, 0.25) is 5.91 Å². The van der Waals surface area contributed by atoms with E-state index >= 15 is 0 Å². The highest BCUT2D eigenvalue weighted by molar-refractivity contribution is 5.79. The van der Waals surface area contributed by atoms with Gasteiger partial charge in [0.15, 0.2) is 0 Å². The number of hydrogen-bond acceptors (Lipinski definition) is 2. The van der Waals surface area contributed by atoms with Crippen molar-refractivity contribution in [1.29, 1.82) is 0 Å². The molecule has 0 aromatic carbocycles. The minimum absolute atomic E-state index is 0.269. The van der Waals surface area contributed by atoms with Crippen LogP contribution >= 0.6 is 0 Å². The van der Waals surface area contributed by atoms with Gasteiger partial charge in [0.1, 0.15) is 0 Å². The van der Waals surface area contributed by atoms with Crippen molar-refractivity contribution in [2.45, 2.75) is 76.8 Å². The first-order valence-electron chi connectivity index (χ1n) is 8.73. The molecule has 3 atom stereocenters. The molecule has 1 aliphatic heterocycles. The van der Waals surface area contributed by atoms with Gasteiger partial charge in [-0.3, -0.25) is 4.79 Å². The Labute approximate surface area is 123 Å². The third-order valence-electron chi connectivity index (χ3n) is 6.14. The van der Waals surface area contributed by atoms with Gasteiger partial charge in [-0.1, -0.05) is 19.8 Å². The van der Waals surface area contributed by atoms with E-state index in [-0.39, 0.29) is 5.92 Å². The fourth-order valence-corrected chi connectivity index (χ4v) is 4.79. The summed E-state index contributed by atoms with van der Waals surface area (Å²) in [5, 5.41) is 0. The van der Waals surface area contributed by atoms with Gasteiger partial charge in [-0.2, -0.15) is 0 Å². The van der Waals surface area contributed by atoms with Gasteiger partial charge in [-0.05, 0) is 56.8 Å². The molecule has 3 unspecified atom stereocenters. The van der Waals surface area contributed by atoms with Crippen LogP contribution in [0.1, 0.15) is 64.7 Å². The highest BCUT2D eigenvalue weighted by atomic mass is 16.2. The second-order valence-corrected chi connectivity index (χ2v) is 7.42. The molecule has 1 heterocycles. The van der Waals surface area contributed by atoms with Gasteiger partial charge < -0.3 is 10.6 Å². The lowest BCUT2D eigenvalue weighted by molar-refractivity contribution is -0.144. The van der Waals surface area contributed by atoms with Gasteiger partial charge in [-0.25, -0.2) is 0 Å². The summed E-state index contributed by atoms with van der Waals surface area (Å²) >= 11 is 0. The maximum atomic E-state index is 12.9. The minimum atomic E-state index is 0.269. The molecule has 3 fully saturated rings. The summed E-state index contributed by atoms with van der Waals surface area (Å²) in [6, 6.07) is 0.887. The number of piperidine rings is 1. The summed E-state index contributed by atoms with van der Waals surface area (Å²) in [6.07, 6.45) is 10.6. The number of fused-ring (bicyclic) bond motifs is 1. The van der Waals surface area contributed by atoms with E-state index in [0.717, 1.165) is 44.1 Å². The summed E-state index contributed by atoms with van der Waals surface area (Å²) < 4.78 is 0. The SMILES string of the molecule is CC1CCN(C(=O)C2CCC(N)CC2)C2CCCCC12. The van der Waals surface area contributed by atoms with Crippen LogP contribution in [-0.2, 0) is 4.79 Å². The molecule has 3 nitrogen and oxygen atoms in total. The Kier molecular flexibility index (Phi) is 4.34. The third-order valence-corrected chi connectivity index (χ3v) is 6.14. The molecular formula is C17H30N2O. The van der Waals surface area contributed by atoms with Crippen molar-refractivity contribution in [3.63, 3.8) is 0 Å². The second kappa shape index (κ2) is 6.05. The molecule has 1 amide bonds. The van der Waals surface area contributed by atoms with E-state index in [9.17, 15) is 4.79 Å². The number of carbonyl (C=O) groups is 1. The molecule has 3 rings (SSSR count). The van der Waals surface area contributed by atoms with Crippen molar-refractivity contribution < 1.29 is 4.79 Å². The van der Waals surface area contributed by atoms with Crippen LogP contribution in [-0.4, -0.2) is 29.4 Å². The van der Waals surface area contributed by atoms with E-state index in [0.29, 0.717) is 18.0 Å². The first kappa shape index (κ1) is 14.4. The molecule has 0 radical (unpaired) electrons. The lowest BCUT2D eigenvalue weighted by Crippen LogP contribution is -2.54. The van der Waals surface area contributed by atoms with Gasteiger partial charge in [-0.15, -0.1) is 0 Å². The number of likely N-dealkylation sites (tertiary alicyclic amines) is 1. The molecule has 3 aliphatic rings. The fraction of sp³-hybridized carbons (Fsp3) is 0.941. The molecule has 2 saturated carbocycles. The number of nitrogens with zero attached hydrogens (tertiary/aromatic N) is 1. The predicted octanol–water partition coefficient (Wildman–Crippen LogP) is 2.93. The second-order valence-electron chi connectivity index (χ2n) is 7.42. The summed E-state index contributed by atoms with van der Waals surface area (Å²) in [6.45, 7) is 3.40. The van der Waals surface area contributed by atoms with Crippen molar-refractivity contribution >= 4 is 5.91 Å². The standard InChI is InChI=1S/C17H30N2O/c1-12-10-11-19(16-5-3-2-4-15(12)16)17(20)13-6-8-14(18)9-7-13/h12-16H,2-11,18H2,1H3. The Bertz CT molecular complexity index is 349. The maximum absolute atomic E-state index is 12.9. The van der Waals surface area contributed by atoms with E-state index in [2.05, 4.69) is 11.8 Å². The molecule has 1 saturated heterocycles.